The Morgan fingerprint density at radius 2 is 1.89 bits per heavy atom. The third-order valence-corrected chi connectivity index (χ3v) is 3.42. The summed E-state index contributed by atoms with van der Waals surface area (Å²) in [6.45, 7) is 0. The molecule has 0 spiro atoms. The molecule has 1 atom stereocenters. The van der Waals surface area contributed by atoms with Crippen LogP contribution in [0.5, 0.6) is 0 Å². The highest BCUT2D eigenvalue weighted by atomic mass is 79.9. The Labute approximate surface area is 116 Å². The first-order valence-electron chi connectivity index (χ1n) is 6.16. The average Bonchev–Trinajstić information content (AvgIpc) is 2.40. The molecule has 0 radical (unpaired) electrons. The Morgan fingerprint density at radius 3 is 2.56 bits per heavy atom. The van der Waals surface area contributed by atoms with Gasteiger partial charge in [0.15, 0.2) is 0 Å². The highest BCUT2D eigenvalue weighted by Gasteiger charge is 2.06. The molecular formula is C15H17BrN2. The van der Waals surface area contributed by atoms with Crippen molar-refractivity contribution >= 4 is 15.9 Å². The van der Waals surface area contributed by atoms with Crippen molar-refractivity contribution in [2.24, 2.45) is 5.73 Å². The summed E-state index contributed by atoms with van der Waals surface area (Å²) in [5.74, 6) is 0. The van der Waals surface area contributed by atoms with Crippen molar-refractivity contribution in [3.63, 3.8) is 0 Å². The fraction of sp³-hybridized carbons (Fsp3) is 0.267. The van der Waals surface area contributed by atoms with E-state index in [2.05, 4.69) is 45.2 Å². The van der Waals surface area contributed by atoms with E-state index in [1.165, 1.54) is 5.56 Å². The van der Waals surface area contributed by atoms with Gasteiger partial charge in [0.1, 0.15) is 0 Å². The highest BCUT2D eigenvalue weighted by molar-refractivity contribution is 9.10. The SMILES string of the molecule is NC(CCCc1ccccc1)c1ccc(Br)cn1. The first-order valence-corrected chi connectivity index (χ1v) is 6.96. The molecule has 2 nitrogen and oxygen atoms in total. The van der Waals surface area contributed by atoms with E-state index in [1.54, 1.807) is 6.20 Å². The van der Waals surface area contributed by atoms with Crippen LogP contribution < -0.4 is 5.73 Å². The molecule has 0 aliphatic carbocycles. The summed E-state index contributed by atoms with van der Waals surface area (Å²) in [6, 6.07) is 14.5. The lowest BCUT2D eigenvalue weighted by molar-refractivity contribution is 0.597. The smallest absolute Gasteiger partial charge is 0.0571 e. The predicted molar refractivity (Wildman–Crippen MR) is 78.2 cm³/mol. The van der Waals surface area contributed by atoms with Crippen LogP contribution in [0, 0.1) is 0 Å². The maximum atomic E-state index is 6.13. The molecule has 0 amide bonds. The number of rotatable bonds is 5. The Morgan fingerprint density at radius 1 is 1.11 bits per heavy atom. The Bertz CT molecular complexity index is 468. The fourth-order valence-electron chi connectivity index (χ4n) is 1.93. The van der Waals surface area contributed by atoms with E-state index >= 15 is 0 Å². The number of aromatic nitrogens is 1. The molecule has 1 unspecified atom stereocenters. The second-order valence-electron chi connectivity index (χ2n) is 4.39. The van der Waals surface area contributed by atoms with Crippen molar-refractivity contribution in [3.05, 3.63) is 64.4 Å². The Kier molecular flexibility index (Phi) is 4.90. The first kappa shape index (κ1) is 13.2. The van der Waals surface area contributed by atoms with E-state index in [0.717, 1.165) is 29.4 Å². The van der Waals surface area contributed by atoms with Gasteiger partial charge in [-0.25, -0.2) is 0 Å². The summed E-state index contributed by atoms with van der Waals surface area (Å²) in [6.07, 6.45) is 4.92. The summed E-state index contributed by atoms with van der Waals surface area (Å²) in [5, 5.41) is 0. The molecule has 0 aliphatic rings. The normalized spacial score (nSPS) is 12.3. The van der Waals surface area contributed by atoms with Gasteiger partial charge in [-0.2, -0.15) is 0 Å². The summed E-state index contributed by atoms with van der Waals surface area (Å²) in [7, 11) is 0. The second kappa shape index (κ2) is 6.66. The lowest BCUT2D eigenvalue weighted by Gasteiger charge is -2.10. The monoisotopic (exact) mass is 304 g/mol. The van der Waals surface area contributed by atoms with E-state index in [9.17, 15) is 0 Å². The van der Waals surface area contributed by atoms with Gasteiger partial charge >= 0.3 is 0 Å². The van der Waals surface area contributed by atoms with Crippen molar-refractivity contribution in [3.8, 4) is 0 Å². The maximum absolute atomic E-state index is 6.13. The predicted octanol–water partition coefficient (Wildman–Crippen LogP) is 3.87. The van der Waals surface area contributed by atoms with Gasteiger partial charge in [0.2, 0.25) is 0 Å². The van der Waals surface area contributed by atoms with E-state index in [0.29, 0.717) is 0 Å². The van der Waals surface area contributed by atoms with E-state index < -0.39 is 0 Å². The van der Waals surface area contributed by atoms with Crippen molar-refractivity contribution in [1.82, 2.24) is 4.98 Å². The molecule has 2 rings (SSSR count). The zero-order chi connectivity index (χ0) is 12.8. The molecule has 94 valence electrons. The number of pyridine rings is 1. The van der Waals surface area contributed by atoms with Crippen LogP contribution in [0.4, 0.5) is 0 Å². The van der Waals surface area contributed by atoms with Crippen LogP contribution in [0.1, 0.15) is 30.1 Å². The van der Waals surface area contributed by atoms with Crippen LogP contribution in [-0.2, 0) is 6.42 Å². The summed E-state index contributed by atoms with van der Waals surface area (Å²) >= 11 is 3.37. The largest absolute Gasteiger partial charge is 0.323 e. The molecule has 1 aromatic carbocycles. The molecular weight excluding hydrogens is 288 g/mol. The van der Waals surface area contributed by atoms with Crippen molar-refractivity contribution < 1.29 is 0 Å². The van der Waals surface area contributed by atoms with Gasteiger partial charge in [0, 0.05) is 16.7 Å². The van der Waals surface area contributed by atoms with Crippen LogP contribution in [-0.4, -0.2) is 4.98 Å². The summed E-state index contributed by atoms with van der Waals surface area (Å²) < 4.78 is 0.989. The van der Waals surface area contributed by atoms with Gasteiger partial charge < -0.3 is 5.73 Å². The number of nitrogens with zero attached hydrogens (tertiary/aromatic N) is 1. The molecule has 0 fully saturated rings. The van der Waals surface area contributed by atoms with E-state index in [1.807, 2.05) is 18.2 Å². The van der Waals surface area contributed by atoms with Crippen molar-refractivity contribution in [2.75, 3.05) is 0 Å². The fourth-order valence-corrected chi connectivity index (χ4v) is 2.16. The van der Waals surface area contributed by atoms with Gasteiger partial charge in [-0.1, -0.05) is 30.3 Å². The molecule has 2 aromatic rings. The second-order valence-corrected chi connectivity index (χ2v) is 5.30. The minimum absolute atomic E-state index is 0.0295. The van der Waals surface area contributed by atoms with E-state index in [-0.39, 0.29) is 6.04 Å². The molecule has 0 saturated heterocycles. The van der Waals surface area contributed by atoms with E-state index in [4.69, 9.17) is 5.73 Å². The number of hydrogen-bond acceptors (Lipinski definition) is 2. The van der Waals surface area contributed by atoms with Crippen molar-refractivity contribution in [2.45, 2.75) is 25.3 Å². The first-order chi connectivity index (χ1) is 8.75. The zero-order valence-corrected chi connectivity index (χ0v) is 11.8. The number of hydrogen-bond donors (Lipinski definition) is 1. The Balaban J connectivity index is 1.81. The minimum Gasteiger partial charge on any atom is -0.323 e. The highest BCUT2D eigenvalue weighted by Crippen LogP contribution is 2.17. The summed E-state index contributed by atoms with van der Waals surface area (Å²) in [5.41, 5.74) is 8.46. The van der Waals surface area contributed by atoms with Gasteiger partial charge in [-0.15, -0.1) is 0 Å². The topological polar surface area (TPSA) is 38.9 Å². The molecule has 0 bridgehead atoms. The third-order valence-electron chi connectivity index (χ3n) is 2.95. The maximum Gasteiger partial charge on any atom is 0.0571 e. The van der Waals surface area contributed by atoms with Gasteiger partial charge in [0.25, 0.3) is 0 Å². The molecule has 0 saturated carbocycles. The lowest BCUT2D eigenvalue weighted by atomic mass is 10.0. The molecule has 1 aromatic heterocycles. The molecule has 1 heterocycles. The number of benzene rings is 1. The molecule has 0 aliphatic heterocycles. The van der Waals surface area contributed by atoms with Crippen LogP contribution in [0.2, 0.25) is 0 Å². The van der Waals surface area contributed by atoms with Gasteiger partial charge in [0.05, 0.1) is 5.69 Å². The lowest BCUT2D eigenvalue weighted by Crippen LogP contribution is -2.12. The van der Waals surface area contributed by atoms with Gasteiger partial charge in [-0.3, -0.25) is 4.98 Å². The number of halogens is 1. The standard InChI is InChI=1S/C15H17BrN2/c16-13-9-10-15(18-11-13)14(17)8-4-7-12-5-2-1-3-6-12/h1-3,5-6,9-11,14H,4,7-8,17H2. The van der Waals surface area contributed by atoms with Crippen LogP contribution in [0.3, 0.4) is 0 Å². The number of aryl methyl sites for hydroxylation is 1. The number of nitrogens with two attached hydrogens (primary N) is 1. The minimum atomic E-state index is 0.0295. The zero-order valence-electron chi connectivity index (χ0n) is 10.2. The molecule has 18 heavy (non-hydrogen) atoms. The Hall–Kier alpha value is -1.19. The quantitative estimate of drug-likeness (QED) is 0.911. The van der Waals surface area contributed by atoms with Crippen LogP contribution in [0.15, 0.2) is 53.1 Å². The summed E-state index contributed by atoms with van der Waals surface area (Å²) in [4.78, 5) is 4.33. The average molecular weight is 305 g/mol. The van der Waals surface area contributed by atoms with Crippen molar-refractivity contribution in [1.29, 1.82) is 0 Å². The van der Waals surface area contributed by atoms with Gasteiger partial charge in [-0.05, 0) is 52.9 Å². The molecule has 2 N–H and O–H groups in total. The van der Waals surface area contributed by atoms with Crippen LogP contribution in [0.25, 0.3) is 0 Å². The third kappa shape index (κ3) is 3.93. The molecule has 3 heteroatoms. The van der Waals surface area contributed by atoms with Crippen LogP contribution >= 0.6 is 15.9 Å².